The summed E-state index contributed by atoms with van der Waals surface area (Å²) < 4.78 is 2.03. The maximum Gasteiger partial charge on any atom is 0.270 e. The van der Waals surface area contributed by atoms with E-state index < -0.39 is 0 Å². The molecule has 0 fully saturated rings. The summed E-state index contributed by atoms with van der Waals surface area (Å²) in [6.45, 7) is 0.387. The third-order valence-electron chi connectivity index (χ3n) is 3.59. The van der Waals surface area contributed by atoms with Gasteiger partial charge in [-0.15, -0.1) is 11.3 Å². The zero-order valence-corrected chi connectivity index (χ0v) is 16.1. The first-order valence-electron chi connectivity index (χ1n) is 7.52. The topological polar surface area (TPSA) is 46.1 Å². The lowest BCUT2D eigenvalue weighted by Crippen LogP contribution is -2.30. The number of thiophene rings is 1. The third kappa shape index (κ3) is 3.49. The van der Waals surface area contributed by atoms with Crippen LogP contribution in [0.2, 0.25) is 0 Å². The SMILES string of the molecule is O=C(c1cccs1)N(Cc1ccccn1)c1nc2ccc(Br)cc2s1. The summed E-state index contributed by atoms with van der Waals surface area (Å²) in [5.41, 5.74) is 1.71. The Labute approximate surface area is 160 Å². The van der Waals surface area contributed by atoms with E-state index in [1.54, 1.807) is 11.1 Å². The van der Waals surface area contributed by atoms with Crippen molar-refractivity contribution in [2.75, 3.05) is 4.90 Å². The van der Waals surface area contributed by atoms with Gasteiger partial charge >= 0.3 is 0 Å². The molecule has 0 saturated carbocycles. The van der Waals surface area contributed by atoms with Crippen molar-refractivity contribution >= 4 is 59.9 Å². The Hall–Kier alpha value is -2.09. The lowest BCUT2D eigenvalue weighted by Gasteiger charge is -2.18. The molecule has 3 aromatic heterocycles. The molecule has 0 spiro atoms. The van der Waals surface area contributed by atoms with Crippen molar-refractivity contribution in [3.05, 3.63) is 75.2 Å². The van der Waals surface area contributed by atoms with Gasteiger partial charge in [-0.1, -0.05) is 39.4 Å². The summed E-state index contributed by atoms with van der Waals surface area (Å²) in [5, 5.41) is 2.58. The Morgan fingerprint density at radius 3 is 2.84 bits per heavy atom. The predicted octanol–water partition coefficient (Wildman–Crippen LogP) is 5.36. The zero-order valence-electron chi connectivity index (χ0n) is 12.9. The summed E-state index contributed by atoms with van der Waals surface area (Å²) in [6.07, 6.45) is 1.73. The molecule has 0 aliphatic heterocycles. The Kier molecular flexibility index (Phi) is 4.61. The van der Waals surface area contributed by atoms with Gasteiger partial charge in [0.1, 0.15) is 0 Å². The van der Waals surface area contributed by atoms with Crippen molar-refractivity contribution < 1.29 is 4.79 Å². The van der Waals surface area contributed by atoms with Crippen molar-refractivity contribution in [1.29, 1.82) is 0 Å². The van der Waals surface area contributed by atoms with Crippen LogP contribution in [0.3, 0.4) is 0 Å². The molecule has 4 rings (SSSR count). The standard InChI is InChI=1S/C18H12BrN3OS2/c19-12-6-7-14-16(10-12)25-18(21-14)22(11-13-4-1-2-8-20-13)17(23)15-5-3-9-24-15/h1-10H,11H2. The molecule has 0 atom stereocenters. The molecule has 4 aromatic rings. The van der Waals surface area contributed by atoms with Gasteiger partial charge in [0.25, 0.3) is 5.91 Å². The summed E-state index contributed by atoms with van der Waals surface area (Å²) in [6, 6.07) is 15.3. The maximum atomic E-state index is 13.0. The molecular weight excluding hydrogens is 418 g/mol. The summed E-state index contributed by atoms with van der Waals surface area (Å²) in [4.78, 5) is 24.4. The van der Waals surface area contributed by atoms with Crippen molar-refractivity contribution in [2.24, 2.45) is 0 Å². The van der Waals surface area contributed by atoms with Gasteiger partial charge in [0.2, 0.25) is 0 Å². The second-order valence-electron chi connectivity index (χ2n) is 5.30. The highest BCUT2D eigenvalue weighted by Gasteiger charge is 2.22. The zero-order chi connectivity index (χ0) is 17.2. The first-order valence-corrected chi connectivity index (χ1v) is 10.0. The second kappa shape index (κ2) is 7.03. The van der Waals surface area contributed by atoms with Crippen LogP contribution in [0.1, 0.15) is 15.4 Å². The van der Waals surface area contributed by atoms with Crippen LogP contribution < -0.4 is 4.90 Å². The molecule has 1 aromatic carbocycles. The van der Waals surface area contributed by atoms with Crippen molar-refractivity contribution in [2.45, 2.75) is 6.54 Å². The molecule has 0 unspecified atom stereocenters. The second-order valence-corrected chi connectivity index (χ2v) is 8.17. The van der Waals surface area contributed by atoms with Crippen LogP contribution in [0.15, 0.2) is 64.6 Å². The Morgan fingerprint density at radius 2 is 2.08 bits per heavy atom. The van der Waals surface area contributed by atoms with Crippen LogP contribution in [0.4, 0.5) is 5.13 Å². The monoisotopic (exact) mass is 429 g/mol. The smallest absolute Gasteiger partial charge is 0.270 e. The number of hydrogen-bond donors (Lipinski definition) is 0. The number of carbonyl (C=O) groups excluding carboxylic acids is 1. The molecule has 1 amide bonds. The van der Waals surface area contributed by atoms with E-state index in [1.807, 2.05) is 53.9 Å². The molecule has 0 radical (unpaired) electrons. The van der Waals surface area contributed by atoms with Gasteiger partial charge < -0.3 is 0 Å². The van der Waals surface area contributed by atoms with Crippen LogP contribution in [0.25, 0.3) is 10.2 Å². The van der Waals surface area contributed by atoms with Crippen LogP contribution in [-0.4, -0.2) is 15.9 Å². The molecule has 25 heavy (non-hydrogen) atoms. The van der Waals surface area contributed by atoms with E-state index in [1.165, 1.54) is 22.7 Å². The number of rotatable bonds is 4. The average molecular weight is 430 g/mol. The summed E-state index contributed by atoms with van der Waals surface area (Å²) >= 11 is 6.42. The number of amides is 1. The normalized spacial score (nSPS) is 10.9. The molecular formula is C18H12BrN3OS2. The van der Waals surface area contributed by atoms with Crippen LogP contribution >= 0.6 is 38.6 Å². The van der Waals surface area contributed by atoms with Gasteiger partial charge in [-0.05, 0) is 41.8 Å². The molecule has 124 valence electrons. The molecule has 0 aliphatic rings. The summed E-state index contributed by atoms with van der Waals surface area (Å²) in [7, 11) is 0. The number of anilines is 1. The van der Waals surface area contributed by atoms with Gasteiger partial charge in [-0.3, -0.25) is 14.7 Å². The van der Waals surface area contributed by atoms with E-state index >= 15 is 0 Å². The van der Waals surface area contributed by atoms with Gasteiger partial charge in [-0.2, -0.15) is 0 Å². The molecule has 7 heteroatoms. The van der Waals surface area contributed by atoms with Gasteiger partial charge in [0.05, 0.1) is 27.3 Å². The number of benzene rings is 1. The van der Waals surface area contributed by atoms with E-state index in [2.05, 4.69) is 25.9 Å². The molecule has 4 nitrogen and oxygen atoms in total. The fraction of sp³-hybridized carbons (Fsp3) is 0.0556. The molecule has 0 aliphatic carbocycles. The van der Waals surface area contributed by atoms with Gasteiger partial charge in [0, 0.05) is 10.7 Å². The number of hydrogen-bond acceptors (Lipinski definition) is 5. The van der Waals surface area contributed by atoms with Crippen molar-refractivity contribution in [1.82, 2.24) is 9.97 Å². The van der Waals surface area contributed by atoms with Gasteiger partial charge in [-0.25, -0.2) is 4.98 Å². The predicted molar refractivity (Wildman–Crippen MR) is 106 cm³/mol. The highest BCUT2D eigenvalue weighted by atomic mass is 79.9. The molecule has 0 N–H and O–H groups in total. The minimum absolute atomic E-state index is 0.0567. The largest absolute Gasteiger partial charge is 0.277 e. The van der Waals surface area contributed by atoms with E-state index in [4.69, 9.17) is 0 Å². The van der Waals surface area contributed by atoms with Crippen LogP contribution in [0.5, 0.6) is 0 Å². The molecule has 3 heterocycles. The van der Waals surface area contributed by atoms with Crippen molar-refractivity contribution in [3.8, 4) is 0 Å². The Balaban J connectivity index is 1.76. The summed E-state index contributed by atoms with van der Waals surface area (Å²) in [5.74, 6) is -0.0567. The minimum Gasteiger partial charge on any atom is -0.277 e. The fourth-order valence-corrected chi connectivity index (χ4v) is 4.60. The van der Waals surface area contributed by atoms with Crippen LogP contribution in [-0.2, 0) is 6.54 Å². The first-order chi connectivity index (χ1) is 12.2. The third-order valence-corrected chi connectivity index (χ3v) is 5.99. The fourth-order valence-electron chi connectivity index (χ4n) is 2.41. The number of pyridine rings is 1. The Bertz CT molecular complexity index is 1020. The molecule has 0 bridgehead atoms. The van der Waals surface area contributed by atoms with E-state index in [0.717, 1.165) is 20.4 Å². The quantitative estimate of drug-likeness (QED) is 0.438. The molecule has 0 saturated heterocycles. The minimum atomic E-state index is -0.0567. The average Bonchev–Trinajstić information content (AvgIpc) is 3.29. The number of thiazole rings is 1. The number of carbonyl (C=O) groups is 1. The van der Waals surface area contributed by atoms with Crippen LogP contribution in [0, 0.1) is 0 Å². The number of aromatic nitrogens is 2. The van der Waals surface area contributed by atoms with E-state index in [0.29, 0.717) is 16.6 Å². The van der Waals surface area contributed by atoms with E-state index in [-0.39, 0.29) is 5.91 Å². The lowest BCUT2D eigenvalue weighted by atomic mass is 10.3. The Morgan fingerprint density at radius 1 is 1.16 bits per heavy atom. The number of fused-ring (bicyclic) bond motifs is 1. The first kappa shape index (κ1) is 16.4. The maximum absolute atomic E-state index is 13.0. The van der Waals surface area contributed by atoms with E-state index in [9.17, 15) is 4.79 Å². The highest BCUT2D eigenvalue weighted by molar-refractivity contribution is 9.10. The van der Waals surface area contributed by atoms with Gasteiger partial charge in [0.15, 0.2) is 5.13 Å². The van der Waals surface area contributed by atoms with Crippen molar-refractivity contribution in [3.63, 3.8) is 0 Å². The number of nitrogens with zero attached hydrogens (tertiary/aromatic N) is 3. The lowest BCUT2D eigenvalue weighted by molar-refractivity contribution is 0.0988. The number of halogens is 1. The highest BCUT2D eigenvalue weighted by Crippen LogP contribution is 2.32.